The lowest BCUT2D eigenvalue weighted by Gasteiger charge is -2.29. The number of hydrogen-bond donors (Lipinski definition) is 2. The molecule has 1 unspecified atom stereocenters. The Morgan fingerprint density at radius 1 is 1.33 bits per heavy atom. The second-order valence-corrected chi connectivity index (χ2v) is 5.51. The molecular formula is C14H31N3O. The van der Waals surface area contributed by atoms with E-state index in [1.807, 2.05) is 0 Å². The Morgan fingerprint density at radius 3 is 2.72 bits per heavy atom. The van der Waals surface area contributed by atoms with Crippen molar-refractivity contribution in [1.82, 2.24) is 10.2 Å². The molecule has 1 saturated heterocycles. The average Bonchev–Trinajstić information content (AvgIpc) is 2.39. The largest absolute Gasteiger partial charge is 0.379 e. The lowest BCUT2D eigenvalue weighted by atomic mass is 10.1. The summed E-state index contributed by atoms with van der Waals surface area (Å²) < 4.78 is 5.64. The Balaban J connectivity index is 1.84. The molecular weight excluding hydrogens is 226 g/mol. The predicted molar refractivity (Wildman–Crippen MR) is 76.8 cm³/mol. The number of likely N-dealkylation sites (tertiary alicyclic amines) is 1. The first kappa shape index (κ1) is 15.9. The van der Waals surface area contributed by atoms with Crippen LogP contribution in [0.5, 0.6) is 0 Å². The van der Waals surface area contributed by atoms with Crippen LogP contribution in [0.1, 0.15) is 33.1 Å². The van der Waals surface area contributed by atoms with E-state index in [0.29, 0.717) is 6.04 Å². The van der Waals surface area contributed by atoms with Crippen molar-refractivity contribution in [2.24, 2.45) is 11.7 Å². The molecule has 1 fully saturated rings. The molecule has 1 aliphatic heterocycles. The van der Waals surface area contributed by atoms with E-state index in [2.05, 4.69) is 24.1 Å². The van der Waals surface area contributed by atoms with Gasteiger partial charge in [0.15, 0.2) is 0 Å². The number of rotatable bonds is 9. The van der Waals surface area contributed by atoms with Gasteiger partial charge in [0.25, 0.3) is 0 Å². The van der Waals surface area contributed by atoms with Crippen molar-refractivity contribution in [2.75, 3.05) is 45.9 Å². The predicted octanol–water partition coefficient (Wildman–Crippen LogP) is 1.06. The highest BCUT2D eigenvalue weighted by Crippen LogP contribution is 2.07. The number of piperidine rings is 1. The summed E-state index contributed by atoms with van der Waals surface area (Å²) in [6.07, 6.45) is 3.51. The molecule has 4 nitrogen and oxygen atoms in total. The van der Waals surface area contributed by atoms with Crippen LogP contribution in [0.15, 0.2) is 0 Å². The Kier molecular flexibility index (Phi) is 8.59. The monoisotopic (exact) mass is 257 g/mol. The zero-order chi connectivity index (χ0) is 13.2. The SMILES string of the molecule is CCC(C)CNCCOCCN1CCC(N)CC1. The van der Waals surface area contributed by atoms with Gasteiger partial charge in [0.2, 0.25) is 0 Å². The van der Waals surface area contributed by atoms with E-state index in [-0.39, 0.29) is 0 Å². The standard InChI is InChI=1S/C14H31N3O/c1-3-13(2)12-16-6-10-18-11-9-17-7-4-14(15)5-8-17/h13-14,16H,3-12,15H2,1-2H3. The van der Waals surface area contributed by atoms with Crippen LogP contribution in [0.2, 0.25) is 0 Å². The fourth-order valence-corrected chi connectivity index (χ4v) is 2.11. The van der Waals surface area contributed by atoms with Gasteiger partial charge >= 0.3 is 0 Å². The zero-order valence-corrected chi connectivity index (χ0v) is 12.2. The maximum Gasteiger partial charge on any atom is 0.0594 e. The van der Waals surface area contributed by atoms with Crippen LogP contribution in [0, 0.1) is 5.92 Å². The molecule has 108 valence electrons. The van der Waals surface area contributed by atoms with Gasteiger partial charge in [-0.3, -0.25) is 0 Å². The fraction of sp³-hybridized carbons (Fsp3) is 1.00. The number of nitrogens with one attached hydrogen (secondary N) is 1. The van der Waals surface area contributed by atoms with Gasteiger partial charge in [-0.1, -0.05) is 20.3 Å². The van der Waals surface area contributed by atoms with Crippen LogP contribution in [0.25, 0.3) is 0 Å². The molecule has 0 aromatic heterocycles. The van der Waals surface area contributed by atoms with E-state index in [9.17, 15) is 0 Å². The summed E-state index contributed by atoms with van der Waals surface area (Å²) in [5, 5.41) is 3.43. The topological polar surface area (TPSA) is 50.5 Å². The Bertz CT molecular complexity index is 193. The summed E-state index contributed by atoms with van der Waals surface area (Å²) in [4.78, 5) is 2.45. The second kappa shape index (κ2) is 9.73. The third kappa shape index (κ3) is 7.31. The van der Waals surface area contributed by atoms with Crippen molar-refractivity contribution in [2.45, 2.75) is 39.2 Å². The highest BCUT2D eigenvalue weighted by molar-refractivity contribution is 4.73. The summed E-state index contributed by atoms with van der Waals surface area (Å²) in [6.45, 7) is 11.6. The third-order valence-electron chi connectivity index (χ3n) is 3.80. The zero-order valence-electron chi connectivity index (χ0n) is 12.2. The van der Waals surface area contributed by atoms with Gasteiger partial charge in [0.05, 0.1) is 13.2 Å². The van der Waals surface area contributed by atoms with Crippen LogP contribution in [-0.4, -0.2) is 56.9 Å². The quantitative estimate of drug-likeness (QED) is 0.607. The Hall–Kier alpha value is -0.160. The first-order valence-corrected chi connectivity index (χ1v) is 7.48. The van der Waals surface area contributed by atoms with Crippen LogP contribution >= 0.6 is 0 Å². The molecule has 0 saturated carbocycles. The van der Waals surface area contributed by atoms with E-state index in [1.165, 1.54) is 6.42 Å². The van der Waals surface area contributed by atoms with Crippen LogP contribution in [-0.2, 0) is 4.74 Å². The lowest BCUT2D eigenvalue weighted by Crippen LogP contribution is -2.41. The molecule has 3 N–H and O–H groups in total. The number of hydrogen-bond acceptors (Lipinski definition) is 4. The van der Waals surface area contributed by atoms with Crippen molar-refractivity contribution >= 4 is 0 Å². The van der Waals surface area contributed by atoms with Crippen molar-refractivity contribution in [3.05, 3.63) is 0 Å². The van der Waals surface area contributed by atoms with E-state index in [1.54, 1.807) is 0 Å². The molecule has 18 heavy (non-hydrogen) atoms. The summed E-state index contributed by atoms with van der Waals surface area (Å²) in [5.41, 5.74) is 5.88. The molecule has 4 heteroatoms. The van der Waals surface area contributed by atoms with Gasteiger partial charge in [-0.25, -0.2) is 0 Å². The first-order valence-electron chi connectivity index (χ1n) is 7.48. The molecule has 1 rings (SSSR count). The van der Waals surface area contributed by atoms with Crippen LogP contribution in [0.3, 0.4) is 0 Å². The summed E-state index contributed by atoms with van der Waals surface area (Å²) in [5.74, 6) is 0.766. The van der Waals surface area contributed by atoms with Gasteiger partial charge in [0.1, 0.15) is 0 Å². The lowest BCUT2D eigenvalue weighted by molar-refractivity contribution is 0.0951. The summed E-state index contributed by atoms with van der Waals surface area (Å²) in [6, 6.07) is 0.423. The number of nitrogens with two attached hydrogens (primary N) is 1. The minimum atomic E-state index is 0.423. The molecule has 1 heterocycles. The highest BCUT2D eigenvalue weighted by atomic mass is 16.5. The van der Waals surface area contributed by atoms with Crippen LogP contribution < -0.4 is 11.1 Å². The molecule has 1 atom stereocenters. The Morgan fingerprint density at radius 2 is 2.06 bits per heavy atom. The van der Waals surface area contributed by atoms with E-state index in [0.717, 1.165) is 64.7 Å². The molecule has 1 aliphatic rings. The maximum atomic E-state index is 5.88. The minimum absolute atomic E-state index is 0.423. The first-order chi connectivity index (χ1) is 8.72. The summed E-state index contributed by atoms with van der Waals surface area (Å²) in [7, 11) is 0. The molecule has 0 spiro atoms. The summed E-state index contributed by atoms with van der Waals surface area (Å²) >= 11 is 0. The van der Waals surface area contributed by atoms with E-state index in [4.69, 9.17) is 10.5 Å². The normalized spacial score (nSPS) is 20.2. The van der Waals surface area contributed by atoms with Gasteiger partial charge < -0.3 is 20.7 Å². The van der Waals surface area contributed by atoms with Gasteiger partial charge in [-0.05, 0) is 38.4 Å². The van der Waals surface area contributed by atoms with Gasteiger partial charge in [-0.15, -0.1) is 0 Å². The van der Waals surface area contributed by atoms with E-state index >= 15 is 0 Å². The highest BCUT2D eigenvalue weighted by Gasteiger charge is 2.14. The molecule has 0 amide bonds. The Labute approximate surface area is 112 Å². The van der Waals surface area contributed by atoms with Gasteiger partial charge in [-0.2, -0.15) is 0 Å². The molecule has 0 aromatic rings. The van der Waals surface area contributed by atoms with Crippen LogP contribution in [0.4, 0.5) is 0 Å². The van der Waals surface area contributed by atoms with Crippen molar-refractivity contribution < 1.29 is 4.74 Å². The fourth-order valence-electron chi connectivity index (χ4n) is 2.11. The number of ether oxygens (including phenoxy) is 1. The maximum absolute atomic E-state index is 5.88. The third-order valence-corrected chi connectivity index (χ3v) is 3.80. The average molecular weight is 257 g/mol. The van der Waals surface area contributed by atoms with Crippen molar-refractivity contribution in [1.29, 1.82) is 0 Å². The molecule has 0 bridgehead atoms. The smallest absolute Gasteiger partial charge is 0.0594 e. The molecule has 0 aliphatic carbocycles. The molecule has 0 radical (unpaired) electrons. The second-order valence-electron chi connectivity index (χ2n) is 5.51. The molecule has 0 aromatic carbocycles. The van der Waals surface area contributed by atoms with Crippen molar-refractivity contribution in [3.63, 3.8) is 0 Å². The number of nitrogens with zero attached hydrogens (tertiary/aromatic N) is 1. The van der Waals surface area contributed by atoms with Gasteiger partial charge in [0, 0.05) is 19.1 Å². The van der Waals surface area contributed by atoms with E-state index < -0.39 is 0 Å². The van der Waals surface area contributed by atoms with Crippen molar-refractivity contribution in [3.8, 4) is 0 Å². The minimum Gasteiger partial charge on any atom is -0.379 e.